The quantitative estimate of drug-likeness (QED) is 0.498. The zero-order valence-electron chi connectivity index (χ0n) is 18.0. The van der Waals surface area contributed by atoms with Gasteiger partial charge in [0.1, 0.15) is 17.9 Å². The first-order valence-electron chi connectivity index (χ1n) is 10.4. The minimum atomic E-state index is -0.665. The summed E-state index contributed by atoms with van der Waals surface area (Å²) in [5, 5.41) is 4.41. The Morgan fingerprint density at radius 3 is 2.63 bits per heavy atom. The van der Waals surface area contributed by atoms with Crippen LogP contribution in [0.2, 0.25) is 0 Å². The lowest BCUT2D eigenvalue weighted by atomic mass is 10.0. The minimum absolute atomic E-state index is 0.333. The molecule has 3 aromatic rings. The minimum Gasteiger partial charge on any atom is -0.479 e. The Hall–Kier alpha value is -3.15. The van der Waals surface area contributed by atoms with Gasteiger partial charge in [-0.15, -0.1) is 0 Å². The van der Waals surface area contributed by atoms with Gasteiger partial charge in [-0.2, -0.15) is 0 Å². The molecule has 0 spiro atoms. The topological polar surface area (TPSA) is 73.3 Å². The van der Waals surface area contributed by atoms with E-state index in [0.29, 0.717) is 18.3 Å². The number of nitrogens with one attached hydrogen (secondary N) is 1. The van der Waals surface area contributed by atoms with Crippen molar-refractivity contribution in [2.24, 2.45) is 5.92 Å². The fourth-order valence-corrected chi connectivity index (χ4v) is 3.12. The summed E-state index contributed by atoms with van der Waals surface area (Å²) in [4.78, 5) is 20.7. The molecule has 0 aliphatic heterocycles. The maximum atomic E-state index is 11.8. The van der Waals surface area contributed by atoms with E-state index in [0.717, 1.165) is 40.8 Å². The van der Waals surface area contributed by atoms with Gasteiger partial charge in [-0.25, -0.2) is 14.8 Å². The van der Waals surface area contributed by atoms with E-state index >= 15 is 0 Å². The van der Waals surface area contributed by atoms with Gasteiger partial charge in [0.25, 0.3) is 0 Å². The molecule has 0 saturated heterocycles. The maximum absolute atomic E-state index is 11.8. The molecular weight excluding hydrogens is 378 g/mol. The Kier molecular flexibility index (Phi) is 7.22. The molecule has 0 radical (unpaired) electrons. The van der Waals surface area contributed by atoms with Crippen molar-refractivity contribution < 1.29 is 14.3 Å². The number of esters is 1. The van der Waals surface area contributed by atoms with Crippen LogP contribution in [0.25, 0.3) is 22.0 Å². The fraction of sp³-hybridized carbons (Fsp3) is 0.375. The average molecular weight is 408 g/mol. The van der Waals surface area contributed by atoms with E-state index in [9.17, 15) is 4.79 Å². The highest BCUT2D eigenvalue weighted by Crippen LogP contribution is 2.29. The van der Waals surface area contributed by atoms with E-state index < -0.39 is 6.10 Å². The Balaban J connectivity index is 1.85. The maximum Gasteiger partial charge on any atom is 0.347 e. The molecule has 3 rings (SSSR count). The highest BCUT2D eigenvalue weighted by atomic mass is 16.6. The summed E-state index contributed by atoms with van der Waals surface area (Å²) >= 11 is 0. The van der Waals surface area contributed by atoms with Crippen molar-refractivity contribution in [1.29, 1.82) is 0 Å². The van der Waals surface area contributed by atoms with Crippen molar-refractivity contribution in [3.63, 3.8) is 0 Å². The third-order valence-corrected chi connectivity index (χ3v) is 4.75. The zero-order chi connectivity index (χ0) is 21.5. The van der Waals surface area contributed by atoms with E-state index in [4.69, 9.17) is 9.47 Å². The second-order valence-corrected chi connectivity index (χ2v) is 7.60. The number of hydrogen-bond acceptors (Lipinski definition) is 6. The molecule has 6 heteroatoms. The first-order chi connectivity index (χ1) is 14.5. The van der Waals surface area contributed by atoms with Crippen LogP contribution in [-0.4, -0.2) is 35.2 Å². The van der Waals surface area contributed by atoms with E-state index in [1.54, 1.807) is 20.2 Å². The summed E-state index contributed by atoms with van der Waals surface area (Å²) in [6.07, 6.45) is 2.00. The monoisotopic (exact) mass is 407 g/mol. The first kappa shape index (κ1) is 21.6. The number of ether oxygens (including phenoxy) is 2. The largest absolute Gasteiger partial charge is 0.479 e. The Morgan fingerprint density at radius 2 is 1.87 bits per heavy atom. The van der Waals surface area contributed by atoms with Gasteiger partial charge in [-0.3, -0.25) is 0 Å². The lowest BCUT2D eigenvalue weighted by Crippen LogP contribution is -2.26. The van der Waals surface area contributed by atoms with Crippen molar-refractivity contribution >= 4 is 22.7 Å². The number of fused-ring (bicyclic) bond motifs is 1. The second-order valence-electron chi connectivity index (χ2n) is 7.60. The molecule has 2 aromatic carbocycles. The fourth-order valence-electron chi connectivity index (χ4n) is 3.12. The molecule has 0 bridgehead atoms. The molecule has 0 fully saturated rings. The smallest absolute Gasteiger partial charge is 0.347 e. The Bertz CT molecular complexity index is 1000. The van der Waals surface area contributed by atoms with Crippen LogP contribution in [0.5, 0.6) is 5.75 Å². The predicted molar refractivity (Wildman–Crippen MR) is 120 cm³/mol. The SMILES string of the molecule is CCOC(=O)C(C)Oc1cccc(-c2ccc3ncnc(NCCC(C)C)c3c2)c1. The molecule has 158 valence electrons. The number of aromatic nitrogens is 2. The highest BCUT2D eigenvalue weighted by Gasteiger charge is 2.16. The average Bonchev–Trinajstić information content (AvgIpc) is 2.73. The lowest BCUT2D eigenvalue weighted by Gasteiger charge is -2.14. The number of anilines is 1. The first-order valence-corrected chi connectivity index (χ1v) is 10.4. The molecule has 0 aliphatic carbocycles. The van der Waals surface area contributed by atoms with Crippen LogP contribution < -0.4 is 10.1 Å². The van der Waals surface area contributed by atoms with Crippen LogP contribution in [0.15, 0.2) is 48.8 Å². The van der Waals surface area contributed by atoms with Gasteiger partial charge in [0.15, 0.2) is 6.10 Å². The second kappa shape index (κ2) is 10.1. The summed E-state index contributed by atoms with van der Waals surface area (Å²) in [5.41, 5.74) is 2.91. The molecule has 1 unspecified atom stereocenters. The van der Waals surface area contributed by atoms with Crippen molar-refractivity contribution in [2.75, 3.05) is 18.5 Å². The van der Waals surface area contributed by atoms with Crippen molar-refractivity contribution in [1.82, 2.24) is 9.97 Å². The molecule has 1 heterocycles. The summed E-state index contributed by atoms with van der Waals surface area (Å²) in [5.74, 6) is 1.71. The van der Waals surface area contributed by atoms with Gasteiger partial charge in [0.05, 0.1) is 12.1 Å². The molecule has 1 N–H and O–H groups in total. The molecule has 1 aromatic heterocycles. The Morgan fingerprint density at radius 1 is 1.07 bits per heavy atom. The van der Waals surface area contributed by atoms with Crippen molar-refractivity contribution in [2.45, 2.75) is 40.2 Å². The molecule has 0 saturated carbocycles. The molecule has 6 nitrogen and oxygen atoms in total. The summed E-state index contributed by atoms with van der Waals surface area (Å²) in [6, 6.07) is 13.8. The van der Waals surface area contributed by atoms with Gasteiger partial charge in [0, 0.05) is 11.9 Å². The molecule has 0 amide bonds. The van der Waals surface area contributed by atoms with Gasteiger partial charge < -0.3 is 14.8 Å². The summed E-state index contributed by atoms with van der Waals surface area (Å²) in [7, 11) is 0. The van der Waals surface area contributed by atoms with E-state index in [-0.39, 0.29) is 5.97 Å². The number of hydrogen-bond donors (Lipinski definition) is 1. The number of carbonyl (C=O) groups is 1. The lowest BCUT2D eigenvalue weighted by molar-refractivity contribution is -0.150. The van der Waals surface area contributed by atoms with Crippen LogP contribution in [0, 0.1) is 5.92 Å². The number of nitrogens with zero attached hydrogens (tertiary/aromatic N) is 2. The van der Waals surface area contributed by atoms with Gasteiger partial charge in [0.2, 0.25) is 0 Å². The van der Waals surface area contributed by atoms with Gasteiger partial charge >= 0.3 is 5.97 Å². The molecule has 30 heavy (non-hydrogen) atoms. The highest BCUT2D eigenvalue weighted by molar-refractivity contribution is 5.92. The normalized spacial score (nSPS) is 12.0. The van der Waals surface area contributed by atoms with Crippen molar-refractivity contribution in [3.05, 3.63) is 48.8 Å². The zero-order valence-corrected chi connectivity index (χ0v) is 18.0. The van der Waals surface area contributed by atoms with Crippen LogP contribution in [0.1, 0.15) is 34.1 Å². The van der Waals surface area contributed by atoms with Crippen LogP contribution in [-0.2, 0) is 9.53 Å². The van der Waals surface area contributed by atoms with Crippen LogP contribution >= 0.6 is 0 Å². The van der Waals surface area contributed by atoms with E-state index in [1.807, 2.05) is 36.4 Å². The molecular formula is C24H29N3O3. The summed E-state index contributed by atoms with van der Waals surface area (Å²) in [6.45, 7) is 9.07. The van der Waals surface area contributed by atoms with E-state index in [2.05, 4.69) is 35.2 Å². The summed E-state index contributed by atoms with van der Waals surface area (Å²) < 4.78 is 10.8. The predicted octanol–water partition coefficient (Wildman–Crippen LogP) is 5.09. The van der Waals surface area contributed by atoms with E-state index in [1.165, 1.54) is 0 Å². The third-order valence-electron chi connectivity index (χ3n) is 4.75. The van der Waals surface area contributed by atoms with Gasteiger partial charge in [-0.1, -0.05) is 32.0 Å². The van der Waals surface area contributed by atoms with Crippen molar-refractivity contribution in [3.8, 4) is 16.9 Å². The van der Waals surface area contributed by atoms with Gasteiger partial charge in [-0.05, 0) is 61.6 Å². The molecule has 1 atom stereocenters. The molecule has 0 aliphatic rings. The van der Waals surface area contributed by atoms with Crippen LogP contribution in [0.4, 0.5) is 5.82 Å². The third kappa shape index (κ3) is 5.47. The van der Waals surface area contributed by atoms with Crippen LogP contribution in [0.3, 0.4) is 0 Å². The Labute approximate surface area is 177 Å². The number of rotatable bonds is 9. The number of benzene rings is 2. The standard InChI is InChI=1S/C24H29N3O3/c1-5-29-24(28)17(4)30-20-8-6-7-18(13-20)19-9-10-22-21(14-19)23(27-15-26-22)25-12-11-16(2)3/h6-10,13-17H,5,11-12H2,1-4H3,(H,25,26,27). The number of carbonyl (C=O) groups excluding carboxylic acids is 1.